The molecule has 4 aromatic rings. The molecule has 142 valence electrons. The maximum Gasteiger partial charge on any atom is 0.303 e. The van der Waals surface area contributed by atoms with Crippen LogP contribution in [0.3, 0.4) is 0 Å². The maximum atomic E-state index is 13.4. The van der Waals surface area contributed by atoms with Gasteiger partial charge in [-0.25, -0.2) is 4.98 Å². The third-order valence-corrected chi connectivity index (χ3v) is 6.38. The van der Waals surface area contributed by atoms with Gasteiger partial charge in [0.25, 0.3) is 5.56 Å². The van der Waals surface area contributed by atoms with Crippen LogP contribution in [0.5, 0.6) is 0 Å². The minimum atomic E-state index is -0.884. The van der Waals surface area contributed by atoms with E-state index in [4.69, 9.17) is 21.7 Å². The van der Waals surface area contributed by atoms with E-state index >= 15 is 0 Å². The number of hydrogen-bond donors (Lipinski definition) is 1. The molecular weight excluding hydrogens is 416 g/mol. The highest BCUT2D eigenvalue weighted by Gasteiger charge is 2.18. The van der Waals surface area contributed by atoms with Crippen LogP contribution in [0.2, 0.25) is 5.02 Å². The van der Waals surface area contributed by atoms with E-state index in [-0.39, 0.29) is 18.5 Å². The molecule has 0 radical (unpaired) electrons. The van der Waals surface area contributed by atoms with Crippen LogP contribution in [0.1, 0.15) is 12.8 Å². The second-order valence-electron chi connectivity index (χ2n) is 6.20. The zero-order chi connectivity index (χ0) is 19.7. The number of carboxylic acids is 1. The van der Waals surface area contributed by atoms with Gasteiger partial charge in [0.2, 0.25) is 0 Å². The van der Waals surface area contributed by atoms with E-state index in [1.54, 1.807) is 28.0 Å². The first-order valence-electron chi connectivity index (χ1n) is 8.58. The number of benzene rings is 1. The van der Waals surface area contributed by atoms with E-state index in [0.29, 0.717) is 27.5 Å². The smallest absolute Gasteiger partial charge is 0.303 e. The Hall–Kier alpha value is -2.48. The summed E-state index contributed by atoms with van der Waals surface area (Å²) in [5.41, 5.74) is 1.50. The van der Waals surface area contributed by atoms with Gasteiger partial charge in [0.15, 0.2) is 0 Å². The van der Waals surface area contributed by atoms with Crippen molar-refractivity contribution in [3.8, 4) is 21.8 Å². The first-order valence-corrected chi connectivity index (χ1v) is 10.7. The first kappa shape index (κ1) is 18.9. The number of hydrogen-bond acceptors (Lipinski definition) is 5. The average Bonchev–Trinajstić information content (AvgIpc) is 3.33. The third-order valence-electron chi connectivity index (χ3n) is 4.36. The molecule has 0 aliphatic heterocycles. The molecule has 0 bridgehead atoms. The molecule has 0 unspecified atom stereocenters. The molecule has 3 aromatic heterocycles. The lowest BCUT2D eigenvalue weighted by atomic mass is 10.1. The molecule has 0 aliphatic rings. The molecule has 8 heteroatoms. The average molecular weight is 431 g/mol. The van der Waals surface area contributed by atoms with E-state index in [0.717, 1.165) is 16.0 Å². The number of rotatable bonds is 6. The van der Waals surface area contributed by atoms with Crippen molar-refractivity contribution in [1.82, 2.24) is 9.55 Å². The Morgan fingerprint density at radius 3 is 2.64 bits per heavy atom. The van der Waals surface area contributed by atoms with Gasteiger partial charge in [-0.1, -0.05) is 17.7 Å². The molecule has 0 amide bonds. The van der Waals surface area contributed by atoms with E-state index < -0.39 is 5.97 Å². The molecule has 1 N–H and O–H groups in total. The summed E-state index contributed by atoms with van der Waals surface area (Å²) < 4.78 is 1.58. The molecule has 28 heavy (non-hydrogen) atoms. The van der Waals surface area contributed by atoms with Crippen LogP contribution in [-0.4, -0.2) is 20.6 Å². The van der Waals surface area contributed by atoms with Crippen molar-refractivity contribution in [3.05, 3.63) is 62.5 Å². The van der Waals surface area contributed by atoms with E-state index in [1.165, 1.54) is 11.3 Å². The van der Waals surface area contributed by atoms with Crippen LogP contribution in [0, 0.1) is 0 Å². The van der Waals surface area contributed by atoms with Crippen LogP contribution in [0.25, 0.3) is 32.0 Å². The van der Waals surface area contributed by atoms with Crippen molar-refractivity contribution in [2.45, 2.75) is 19.4 Å². The monoisotopic (exact) mass is 430 g/mol. The fourth-order valence-electron chi connectivity index (χ4n) is 3.05. The Morgan fingerprint density at radius 1 is 1.18 bits per heavy atom. The van der Waals surface area contributed by atoms with Crippen LogP contribution >= 0.6 is 34.3 Å². The number of fused-ring (bicyclic) bond motifs is 1. The fraction of sp³-hybridized carbons (Fsp3) is 0.150. The van der Waals surface area contributed by atoms with Gasteiger partial charge in [-0.2, -0.15) is 0 Å². The zero-order valence-corrected chi connectivity index (χ0v) is 17.0. The second kappa shape index (κ2) is 7.87. The predicted octanol–water partition coefficient (Wildman–Crippen LogP) is 5.37. The standard InChI is InChI=1S/C20H15ClN2O3S2/c21-13-7-5-12(6-8-13)18-22-19-17(14(11-28-19)15-3-2-10-27-15)20(26)23(18)9-1-4-16(24)25/h2-3,5-8,10-11H,1,4,9H2,(H,24,25). The van der Waals surface area contributed by atoms with E-state index in [1.807, 2.05) is 35.0 Å². The van der Waals surface area contributed by atoms with Crippen molar-refractivity contribution in [2.75, 3.05) is 0 Å². The van der Waals surface area contributed by atoms with Crippen molar-refractivity contribution in [1.29, 1.82) is 0 Å². The Bertz CT molecular complexity index is 1190. The maximum absolute atomic E-state index is 13.4. The van der Waals surface area contributed by atoms with Crippen molar-refractivity contribution >= 4 is 50.5 Å². The summed E-state index contributed by atoms with van der Waals surface area (Å²) in [6.45, 7) is 0.283. The number of aromatic nitrogens is 2. The Balaban J connectivity index is 1.91. The van der Waals surface area contributed by atoms with Crippen molar-refractivity contribution < 1.29 is 9.90 Å². The lowest BCUT2D eigenvalue weighted by Crippen LogP contribution is -2.23. The summed E-state index contributed by atoms with van der Waals surface area (Å²) in [5.74, 6) is -0.357. The van der Waals surface area contributed by atoms with Crippen molar-refractivity contribution in [2.24, 2.45) is 0 Å². The lowest BCUT2D eigenvalue weighted by Gasteiger charge is -2.13. The molecule has 4 rings (SSSR count). The Kier molecular flexibility index (Phi) is 5.30. The highest BCUT2D eigenvalue weighted by atomic mass is 35.5. The summed E-state index contributed by atoms with van der Waals surface area (Å²) in [5, 5.41) is 14.1. The van der Waals surface area contributed by atoms with Crippen LogP contribution in [-0.2, 0) is 11.3 Å². The molecule has 0 fully saturated rings. The summed E-state index contributed by atoms with van der Waals surface area (Å²) in [6, 6.07) is 11.1. The quantitative estimate of drug-likeness (QED) is 0.446. The molecule has 0 spiro atoms. The molecular formula is C20H15ClN2O3S2. The number of halogens is 1. The van der Waals surface area contributed by atoms with Crippen LogP contribution in [0.15, 0.2) is 52.0 Å². The van der Waals surface area contributed by atoms with Gasteiger partial charge in [0.05, 0.1) is 5.39 Å². The molecule has 0 saturated carbocycles. The van der Waals surface area contributed by atoms with Crippen LogP contribution < -0.4 is 5.56 Å². The summed E-state index contributed by atoms with van der Waals surface area (Å²) in [6.07, 6.45) is 0.341. The van der Waals surface area contributed by atoms with Gasteiger partial charge < -0.3 is 5.11 Å². The van der Waals surface area contributed by atoms with Crippen molar-refractivity contribution in [3.63, 3.8) is 0 Å². The Morgan fingerprint density at radius 2 is 1.96 bits per heavy atom. The fourth-order valence-corrected chi connectivity index (χ4v) is 4.93. The molecule has 0 aliphatic carbocycles. The van der Waals surface area contributed by atoms with Gasteiger partial charge in [0.1, 0.15) is 10.7 Å². The molecule has 1 aromatic carbocycles. The highest BCUT2D eigenvalue weighted by molar-refractivity contribution is 7.18. The van der Waals surface area contributed by atoms with Gasteiger partial charge in [-0.15, -0.1) is 22.7 Å². The van der Waals surface area contributed by atoms with E-state index in [9.17, 15) is 9.59 Å². The van der Waals surface area contributed by atoms with Gasteiger partial charge in [-0.05, 0) is 42.1 Å². The third kappa shape index (κ3) is 3.61. The summed E-state index contributed by atoms with van der Waals surface area (Å²) in [4.78, 5) is 30.8. The Labute approximate surface area is 173 Å². The number of carboxylic acid groups (broad SMARTS) is 1. The molecule has 5 nitrogen and oxygen atoms in total. The van der Waals surface area contributed by atoms with Crippen LogP contribution in [0.4, 0.5) is 0 Å². The summed E-state index contributed by atoms with van der Waals surface area (Å²) in [7, 11) is 0. The highest BCUT2D eigenvalue weighted by Crippen LogP contribution is 2.34. The lowest BCUT2D eigenvalue weighted by molar-refractivity contribution is -0.137. The minimum absolute atomic E-state index is 0.00798. The van der Waals surface area contributed by atoms with E-state index in [2.05, 4.69) is 0 Å². The first-order chi connectivity index (χ1) is 13.5. The normalized spacial score (nSPS) is 11.2. The minimum Gasteiger partial charge on any atom is -0.481 e. The SMILES string of the molecule is O=C(O)CCCn1c(-c2ccc(Cl)cc2)nc2scc(-c3cccs3)c2c1=O. The topological polar surface area (TPSA) is 72.2 Å². The number of nitrogens with zero attached hydrogens (tertiary/aromatic N) is 2. The largest absolute Gasteiger partial charge is 0.481 e. The van der Waals surface area contributed by atoms with Gasteiger partial charge in [0, 0.05) is 39.4 Å². The van der Waals surface area contributed by atoms with Gasteiger partial charge >= 0.3 is 5.97 Å². The van der Waals surface area contributed by atoms with Gasteiger partial charge in [-0.3, -0.25) is 14.2 Å². The second-order valence-corrected chi connectivity index (χ2v) is 8.45. The molecule has 3 heterocycles. The molecule has 0 saturated heterocycles. The number of aliphatic carboxylic acids is 1. The number of carbonyl (C=O) groups is 1. The number of thiophene rings is 2. The predicted molar refractivity (Wildman–Crippen MR) is 115 cm³/mol. The summed E-state index contributed by atoms with van der Waals surface area (Å²) >= 11 is 9.00. The zero-order valence-electron chi connectivity index (χ0n) is 14.6. The molecule has 0 atom stereocenters.